The van der Waals surface area contributed by atoms with Crippen LogP contribution in [0.3, 0.4) is 0 Å². The molecule has 1 N–H and O–H groups in total. The van der Waals surface area contributed by atoms with Gasteiger partial charge in [-0.25, -0.2) is 0 Å². The van der Waals surface area contributed by atoms with Crippen molar-refractivity contribution in [2.45, 2.75) is 77.3 Å². The number of alkyl halides is 3. The van der Waals surface area contributed by atoms with Gasteiger partial charge in [0, 0.05) is 43.6 Å². The largest absolute Gasteiger partial charge is 0.416 e. The first kappa shape index (κ1) is 27.3. The molecule has 2 aromatic carbocycles. The molecule has 202 valence electrons. The highest BCUT2D eigenvalue weighted by Crippen LogP contribution is 2.35. The van der Waals surface area contributed by atoms with Crippen molar-refractivity contribution < 1.29 is 22.7 Å². The smallest absolute Gasteiger partial charge is 0.382 e. The number of benzene rings is 2. The highest BCUT2D eigenvalue weighted by atomic mass is 19.4. The Labute approximate surface area is 218 Å². The Morgan fingerprint density at radius 2 is 1.54 bits per heavy atom. The van der Waals surface area contributed by atoms with Crippen LogP contribution in [0.2, 0.25) is 0 Å². The summed E-state index contributed by atoms with van der Waals surface area (Å²) in [5.41, 5.74) is 1.59. The van der Waals surface area contributed by atoms with Crippen LogP contribution in [0.15, 0.2) is 42.5 Å². The minimum atomic E-state index is -4.36. The first-order valence-corrected chi connectivity index (χ1v) is 13.2. The molecule has 1 aliphatic carbocycles. The minimum Gasteiger partial charge on any atom is -0.382 e. The molecule has 0 atom stereocenters. The lowest BCUT2D eigenvalue weighted by atomic mass is 9.91. The van der Waals surface area contributed by atoms with Crippen LogP contribution in [-0.2, 0) is 15.7 Å². The SMILES string of the molecule is Cc1ccc(N2CCN(C(=O)C(C)(C)OC3CCC(Nc4ccc(C)c(C(F)(F)F)c4)CC3)CC2)cc1. The summed E-state index contributed by atoms with van der Waals surface area (Å²) in [6.07, 6.45) is -1.34. The zero-order valence-electron chi connectivity index (χ0n) is 22.2. The van der Waals surface area contributed by atoms with Crippen LogP contribution in [0.1, 0.15) is 56.2 Å². The van der Waals surface area contributed by atoms with Crippen LogP contribution in [0.4, 0.5) is 24.5 Å². The summed E-state index contributed by atoms with van der Waals surface area (Å²) < 4.78 is 46.1. The molecule has 1 saturated carbocycles. The summed E-state index contributed by atoms with van der Waals surface area (Å²) in [5, 5.41) is 3.26. The molecule has 2 aromatic rings. The standard InChI is InChI=1S/C29H38F3N3O2/c1-20-5-11-24(12-6-20)34-15-17-35(18-16-34)27(36)28(3,4)37-25-13-9-22(10-14-25)33-23-8-7-21(2)26(19-23)29(30,31)32/h5-8,11-12,19,22,25,33H,9-10,13-18H2,1-4H3. The normalized spacial score (nSPS) is 21.2. The van der Waals surface area contributed by atoms with E-state index in [-0.39, 0.29) is 23.6 Å². The fraction of sp³-hybridized carbons (Fsp3) is 0.552. The van der Waals surface area contributed by atoms with E-state index in [1.54, 1.807) is 6.07 Å². The maximum Gasteiger partial charge on any atom is 0.416 e. The van der Waals surface area contributed by atoms with Crippen LogP contribution in [-0.4, -0.2) is 54.7 Å². The Morgan fingerprint density at radius 1 is 0.919 bits per heavy atom. The van der Waals surface area contributed by atoms with Crippen molar-refractivity contribution >= 4 is 17.3 Å². The van der Waals surface area contributed by atoms with E-state index in [2.05, 4.69) is 41.4 Å². The van der Waals surface area contributed by atoms with E-state index in [1.165, 1.54) is 30.3 Å². The number of nitrogens with zero attached hydrogens (tertiary/aromatic N) is 2. The second-order valence-electron chi connectivity index (χ2n) is 10.9. The number of ether oxygens (including phenoxy) is 1. The van der Waals surface area contributed by atoms with Gasteiger partial charge in [-0.2, -0.15) is 13.2 Å². The fourth-order valence-electron chi connectivity index (χ4n) is 5.35. The lowest BCUT2D eigenvalue weighted by Gasteiger charge is -2.41. The lowest BCUT2D eigenvalue weighted by molar-refractivity contribution is -0.163. The molecule has 5 nitrogen and oxygen atoms in total. The van der Waals surface area contributed by atoms with Gasteiger partial charge in [-0.1, -0.05) is 23.8 Å². The Morgan fingerprint density at radius 3 is 2.14 bits per heavy atom. The number of piperazine rings is 1. The van der Waals surface area contributed by atoms with E-state index >= 15 is 0 Å². The van der Waals surface area contributed by atoms with Crippen molar-refractivity contribution in [3.63, 3.8) is 0 Å². The van der Waals surface area contributed by atoms with Gasteiger partial charge >= 0.3 is 6.18 Å². The van der Waals surface area contributed by atoms with Crippen LogP contribution >= 0.6 is 0 Å². The molecule has 37 heavy (non-hydrogen) atoms. The molecule has 1 aliphatic heterocycles. The number of hydrogen-bond donors (Lipinski definition) is 1. The molecular weight excluding hydrogens is 479 g/mol. The Kier molecular flexibility index (Phi) is 8.07. The van der Waals surface area contributed by atoms with Gasteiger partial charge in [0.05, 0.1) is 11.7 Å². The van der Waals surface area contributed by atoms with Gasteiger partial charge in [0.15, 0.2) is 0 Å². The minimum absolute atomic E-state index is 0.00985. The first-order valence-electron chi connectivity index (χ1n) is 13.2. The number of rotatable bonds is 6. The quantitative estimate of drug-likeness (QED) is 0.496. The van der Waals surface area contributed by atoms with Crippen molar-refractivity contribution in [2.24, 2.45) is 0 Å². The van der Waals surface area contributed by atoms with E-state index in [0.717, 1.165) is 38.8 Å². The molecule has 1 saturated heterocycles. The molecule has 0 aromatic heterocycles. The third-order valence-corrected chi connectivity index (χ3v) is 7.53. The van der Waals surface area contributed by atoms with Gasteiger partial charge in [-0.15, -0.1) is 0 Å². The third-order valence-electron chi connectivity index (χ3n) is 7.53. The van der Waals surface area contributed by atoms with E-state index in [4.69, 9.17) is 4.74 Å². The molecular formula is C29H38F3N3O2. The van der Waals surface area contributed by atoms with Crippen molar-refractivity contribution in [1.82, 2.24) is 4.90 Å². The average molecular weight is 518 g/mol. The number of aryl methyl sites for hydroxylation is 2. The molecule has 0 radical (unpaired) electrons. The predicted octanol–water partition coefficient (Wildman–Crippen LogP) is 6.19. The molecule has 1 amide bonds. The van der Waals surface area contributed by atoms with Crippen LogP contribution < -0.4 is 10.2 Å². The molecule has 0 unspecified atom stereocenters. The van der Waals surface area contributed by atoms with Crippen molar-refractivity contribution in [2.75, 3.05) is 36.4 Å². The average Bonchev–Trinajstić information content (AvgIpc) is 2.86. The molecule has 8 heteroatoms. The summed E-state index contributed by atoms with van der Waals surface area (Å²) in [5.74, 6) is 0.00985. The van der Waals surface area contributed by atoms with Crippen molar-refractivity contribution in [3.05, 3.63) is 59.2 Å². The highest BCUT2D eigenvalue weighted by molar-refractivity contribution is 5.84. The second kappa shape index (κ2) is 10.9. The third kappa shape index (κ3) is 6.78. The Bertz CT molecular complexity index is 1070. The molecule has 2 aliphatic rings. The molecule has 2 fully saturated rings. The highest BCUT2D eigenvalue weighted by Gasteiger charge is 2.38. The van der Waals surface area contributed by atoms with E-state index < -0.39 is 17.3 Å². The molecule has 4 rings (SSSR count). The van der Waals surface area contributed by atoms with E-state index in [0.29, 0.717) is 18.8 Å². The fourth-order valence-corrected chi connectivity index (χ4v) is 5.35. The summed E-state index contributed by atoms with van der Waals surface area (Å²) in [7, 11) is 0. The van der Waals surface area contributed by atoms with Crippen molar-refractivity contribution in [1.29, 1.82) is 0 Å². The topological polar surface area (TPSA) is 44.8 Å². The number of carbonyl (C=O) groups excluding carboxylic acids is 1. The summed E-state index contributed by atoms with van der Waals surface area (Å²) in [6, 6.07) is 12.9. The Balaban J connectivity index is 1.25. The van der Waals surface area contributed by atoms with Crippen LogP contribution in [0, 0.1) is 13.8 Å². The predicted molar refractivity (Wildman–Crippen MR) is 141 cm³/mol. The van der Waals surface area contributed by atoms with Crippen molar-refractivity contribution in [3.8, 4) is 0 Å². The van der Waals surface area contributed by atoms with Gasteiger partial charge in [-0.3, -0.25) is 4.79 Å². The molecule has 0 spiro atoms. The summed E-state index contributed by atoms with van der Waals surface area (Å²) in [6.45, 7) is 10.1. The molecule has 1 heterocycles. The Hall–Kier alpha value is -2.74. The maximum absolute atomic E-state index is 13.3. The lowest BCUT2D eigenvalue weighted by Crippen LogP contribution is -2.55. The van der Waals surface area contributed by atoms with Gasteiger partial charge in [0.2, 0.25) is 0 Å². The van der Waals surface area contributed by atoms with Crippen LogP contribution in [0.5, 0.6) is 0 Å². The summed E-state index contributed by atoms with van der Waals surface area (Å²) in [4.78, 5) is 17.5. The van der Waals surface area contributed by atoms with Crippen LogP contribution in [0.25, 0.3) is 0 Å². The number of halogens is 3. The maximum atomic E-state index is 13.3. The van der Waals surface area contributed by atoms with Gasteiger partial charge in [0.25, 0.3) is 5.91 Å². The number of nitrogens with one attached hydrogen (secondary N) is 1. The van der Waals surface area contributed by atoms with E-state index in [9.17, 15) is 18.0 Å². The zero-order chi connectivity index (χ0) is 26.8. The molecule has 0 bridgehead atoms. The zero-order valence-corrected chi connectivity index (χ0v) is 22.2. The van der Waals surface area contributed by atoms with Gasteiger partial charge in [-0.05, 0) is 83.2 Å². The second-order valence-corrected chi connectivity index (χ2v) is 10.9. The van der Waals surface area contributed by atoms with Gasteiger partial charge < -0.3 is 19.9 Å². The number of carbonyl (C=O) groups is 1. The van der Waals surface area contributed by atoms with E-state index in [1.807, 2.05) is 18.7 Å². The first-order chi connectivity index (χ1) is 17.4. The number of anilines is 2. The monoisotopic (exact) mass is 517 g/mol. The number of hydrogen-bond acceptors (Lipinski definition) is 4. The number of amides is 1. The summed E-state index contributed by atoms with van der Waals surface area (Å²) >= 11 is 0. The van der Waals surface area contributed by atoms with Gasteiger partial charge in [0.1, 0.15) is 5.60 Å².